The maximum absolute atomic E-state index is 12.0. The lowest BCUT2D eigenvalue weighted by atomic mass is 10.2. The topological polar surface area (TPSA) is 26.3 Å². The molecule has 0 radical (unpaired) electrons. The molecule has 0 rings (SSSR count). The third-order valence-electron chi connectivity index (χ3n) is 3.91. The van der Waals surface area contributed by atoms with Gasteiger partial charge in [0.2, 0.25) is 0 Å². The Bertz CT molecular complexity index is 247. The zero-order chi connectivity index (χ0) is 13.3. The second kappa shape index (κ2) is 8.51. The number of rotatable bonds is 8. The quantitative estimate of drug-likeness (QED) is 0.280. The summed E-state index contributed by atoms with van der Waals surface area (Å²) in [5.74, 6) is -0.0849. The Morgan fingerprint density at radius 1 is 1.12 bits per heavy atom. The van der Waals surface area contributed by atoms with Gasteiger partial charge in [-0.3, -0.25) is 0 Å². The van der Waals surface area contributed by atoms with Crippen LogP contribution in [0, 0.1) is 0 Å². The highest BCUT2D eigenvalue weighted by molar-refractivity contribution is 6.90. The molecule has 0 saturated heterocycles. The standard InChI is InChI=1S/C14H28O2Si/c1-6-10-11-12-13(14(15)16-5)17(7-2,8-3)9-4/h12H,6-11H2,1-5H3/b13-12-. The van der Waals surface area contributed by atoms with Crippen molar-refractivity contribution in [1.29, 1.82) is 0 Å². The predicted octanol–water partition coefficient (Wildman–Crippen LogP) is 4.32. The number of methoxy groups -OCH3 is 1. The Morgan fingerprint density at radius 3 is 2.00 bits per heavy atom. The first kappa shape index (κ1) is 16.4. The van der Waals surface area contributed by atoms with Crippen molar-refractivity contribution < 1.29 is 9.53 Å². The zero-order valence-corrected chi connectivity index (χ0v) is 13.1. The van der Waals surface area contributed by atoms with E-state index in [2.05, 4.69) is 33.8 Å². The molecular weight excluding hydrogens is 228 g/mol. The molecule has 0 heterocycles. The van der Waals surface area contributed by atoms with Gasteiger partial charge in [0.05, 0.1) is 15.2 Å². The Morgan fingerprint density at radius 2 is 1.65 bits per heavy atom. The fraction of sp³-hybridized carbons (Fsp3) is 0.786. The molecule has 17 heavy (non-hydrogen) atoms. The molecule has 0 bridgehead atoms. The molecule has 0 spiro atoms. The van der Waals surface area contributed by atoms with Crippen molar-refractivity contribution in [3.05, 3.63) is 11.3 Å². The highest BCUT2D eigenvalue weighted by Crippen LogP contribution is 2.30. The average molecular weight is 256 g/mol. The Kier molecular flexibility index (Phi) is 8.22. The highest BCUT2D eigenvalue weighted by atomic mass is 28.3. The van der Waals surface area contributed by atoms with Gasteiger partial charge in [-0.2, -0.15) is 0 Å². The van der Waals surface area contributed by atoms with E-state index in [0.717, 1.165) is 36.2 Å². The van der Waals surface area contributed by atoms with Crippen LogP contribution >= 0.6 is 0 Å². The first-order valence-electron chi connectivity index (χ1n) is 6.90. The third-order valence-corrected chi connectivity index (χ3v) is 9.52. The van der Waals surface area contributed by atoms with E-state index in [1.165, 1.54) is 13.5 Å². The fourth-order valence-corrected chi connectivity index (χ4v) is 6.15. The summed E-state index contributed by atoms with van der Waals surface area (Å²) in [6, 6.07) is 3.40. The Balaban J connectivity index is 5.12. The van der Waals surface area contributed by atoms with Crippen molar-refractivity contribution in [3.8, 4) is 0 Å². The largest absolute Gasteiger partial charge is 0.466 e. The summed E-state index contributed by atoms with van der Waals surface area (Å²) < 4.78 is 4.98. The molecule has 100 valence electrons. The van der Waals surface area contributed by atoms with Gasteiger partial charge in [0, 0.05) is 5.20 Å². The maximum atomic E-state index is 12.0. The van der Waals surface area contributed by atoms with E-state index in [9.17, 15) is 4.79 Å². The minimum atomic E-state index is -1.59. The van der Waals surface area contributed by atoms with Gasteiger partial charge >= 0.3 is 5.97 Å². The summed E-state index contributed by atoms with van der Waals surface area (Å²) in [6.45, 7) is 8.83. The van der Waals surface area contributed by atoms with Gasteiger partial charge in [-0.05, 0) is 6.42 Å². The van der Waals surface area contributed by atoms with Crippen molar-refractivity contribution >= 4 is 14.0 Å². The first-order chi connectivity index (χ1) is 8.11. The van der Waals surface area contributed by atoms with E-state index >= 15 is 0 Å². The van der Waals surface area contributed by atoms with Crippen LogP contribution in [0.15, 0.2) is 11.3 Å². The molecule has 0 aliphatic carbocycles. The van der Waals surface area contributed by atoms with Gasteiger partial charge in [0.15, 0.2) is 0 Å². The molecule has 0 aliphatic heterocycles. The first-order valence-corrected chi connectivity index (χ1v) is 9.52. The predicted molar refractivity (Wildman–Crippen MR) is 76.8 cm³/mol. The minimum absolute atomic E-state index is 0.0849. The van der Waals surface area contributed by atoms with Crippen molar-refractivity contribution in [2.75, 3.05) is 7.11 Å². The van der Waals surface area contributed by atoms with Crippen LogP contribution in [0.3, 0.4) is 0 Å². The van der Waals surface area contributed by atoms with E-state index in [1.807, 2.05) is 0 Å². The summed E-state index contributed by atoms with van der Waals surface area (Å²) >= 11 is 0. The van der Waals surface area contributed by atoms with E-state index in [4.69, 9.17) is 4.74 Å². The summed E-state index contributed by atoms with van der Waals surface area (Å²) in [6.07, 6.45) is 5.50. The molecule has 0 aromatic heterocycles. The zero-order valence-electron chi connectivity index (χ0n) is 12.1. The fourth-order valence-electron chi connectivity index (χ4n) is 2.40. The third kappa shape index (κ3) is 4.30. The van der Waals surface area contributed by atoms with Crippen LogP contribution < -0.4 is 0 Å². The van der Waals surface area contributed by atoms with Crippen molar-refractivity contribution in [2.45, 2.75) is 65.1 Å². The Hall–Kier alpha value is -0.573. The molecule has 2 nitrogen and oxygen atoms in total. The molecule has 0 aromatic carbocycles. The van der Waals surface area contributed by atoms with Crippen LogP contribution in [-0.4, -0.2) is 21.2 Å². The number of carbonyl (C=O) groups is 1. The minimum Gasteiger partial charge on any atom is -0.466 e. The van der Waals surface area contributed by atoms with E-state index in [1.54, 1.807) is 0 Å². The van der Waals surface area contributed by atoms with Gasteiger partial charge in [-0.15, -0.1) is 0 Å². The van der Waals surface area contributed by atoms with Crippen LogP contribution in [-0.2, 0) is 9.53 Å². The van der Waals surface area contributed by atoms with Crippen LogP contribution in [0.5, 0.6) is 0 Å². The second-order valence-electron chi connectivity index (χ2n) is 4.59. The number of hydrogen-bond donors (Lipinski definition) is 0. The number of unbranched alkanes of at least 4 members (excludes halogenated alkanes) is 2. The van der Waals surface area contributed by atoms with Gasteiger partial charge in [-0.1, -0.05) is 64.7 Å². The number of carbonyl (C=O) groups excluding carboxylic acids is 1. The number of hydrogen-bond acceptors (Lipinski definition) is 2. The van der Waals surface area contributed by atoms with Gasteiger partial charge < -0.3 is 4.74 Å². The summed E-state index contributed by atoms with van der Waals surface area (Å²) in [4.78, 5) is 12.0. The Labute approximate surface area is 107 Å². The molecule has 0 saturated carbocycles. The molecule has 0 aromatic rings. The van der Waals surface area contributed by atoms with Crippen molar-refractivity contribution in [2.24, 2.45) is 0 Å². The van der Waals surface area contributed by atoms with Gasteiger partial charge in [-0.25, -0.2) is 4.79 Å². The van der Waals surface area contributed by atoms with E-state index < -0.39 is 8.07 Å². The second-order valence-corrected chi connectivity index (χ2v) is 9.81. The van der Waals surface area contributed by atoms with Gasteiger partial charge in [0.1, 0.15) is 0 Å². The monoisotopic (exact) mass is 256 g/mol. The maximum Gasteiger partial charge on any atom is 0.329 e. The molecule has 0 unspecified atom stereocenters. The average Bonchev–Trinajstić information content (AvgIpc) is 2.38. The molecule has 0 atom stereocenters. The number of allylic oxidation sites excluding steroid dienone is 1. The SMILES string of the molecule is CCCC/C=C(/C(=O)OC)[Si](CC)(CC)CC. The lowest BCUT2D eigenvalue weighted by molar-refractivity contribution is -0.135. The molecule has 0 N–H and O–H groups in total. The van der Waals surface area contributed by atoms with Crippen LogP contribution in [0.25, 0.3) is 0 Å². The van der Waals surface area contributed by atoms with Crippen LogP contribution in [0.4, 0.5) is 0 Å². The summed E-state index contributed by atoms with van der Waals surface area (Å²) in [5.41, 5.74) is 0. The van der Waals surface area contributed by atoms with Crippen molar-refractivity contribution in [1.82, 2.24) is 0 Å². The normalized spacial score (nSPS) is 12.6. The van der Waals surface area contributed by atoms with Crippen LogP contribution in [0.2, 0.25) is 18.1 Å². The lowest BCUT2D eigenvalue weighted by Gasteiger charge is -2.29. The molecule has 3 heteroatoms. The molecule has 0 aliphatic rings. The molecule has 0 fully saturated rings. The molecule has 0 amide bonds. The van der Waals surface area contributed by atoms with Gasteiger partial charge in [0.25, 0.3) is 0 Å². The number of ether oxygens (including phenoxy) is 1. The smallest absolute Gasteiger partial charge is 0.329 e. The summed E-state index contributed by atoms with van der Waals surface area (Å²) in [5, 5.41) is 1.03. The number of esters is 1. The summed E-state index contributed by atoms with van der Waals surface area (Å²) in [7, 11) is -0.0981. The van der Waals surface area contributed by atoms with E-state index in [0.29, 0.717) is 0 Å². The lowest BCUT2D eigenvalue weighted by Crippen LogP contribution is -2.38. The van der Waals surface area contributed by atoms with E-state index in [-0.39, 0.29) is 5.97 Å². The molecular formula is C14H28O2Si. The van der Waals surface area contributed by atoms with Crippen LogP contribution in [0.1, 0.15) is 47.0 Å². The van der Waals surface area contributed by atoms with Crippen molar-refractivity contribution in [3.63, 3.8) is 0 Å². The highest BCUT2D eigenvalue weighted by Gasteiger charge is 2.35.